The minimum absolute atomic E-state index is 0.759. The number of fused-ring (bicyclic) bond motifs is 1. The number of allylic oxidation sites excluding steroid dienone is 3. The van der Waals surface area contributed by atoms with Gasteiger partial charge in [-0.25, -0.2) is 0 Å². The topological polar surface area (TPSA) is 3.24 Å². The predicted octanol–water partition coefficient (Wildman–Crippen LogP) is 2.83. The van der Waals surface area contributed by atoms with Crippen LogP contribution in [0.3, 0.4) is 0 Å². The molecule has 72 valence electrons. The molecule has 0 aromatic rings. The molecule has 0 N–H and O–H groups in total. The van der Waals surface area contributed by atoms with Crippen LogP contribution in [-0.4, -0.2) is 25.0 Å². The van der Waals surface area contributed by atoms with Crippen LogP contribution in [0.15, 0.2) is 21.3 Å². The molecule has 2 heteroatoms. The van der Waals surface area contributed by atoms with E-state index in [1.807, 2.05) is 0 Å². The van der Waals surface area contributed by atoms with E-state index in [0.717, 1.165) is 11.8 Å². The Morgan fingerprint density at radius 1 is 1.46 bits per heavy atom. The zero-order valence-corrected chi connectivity index (χ0v) is 10.4. The molecule has 2 atom stereocenters. The highest BCUT2D eigenvalue weighted by molar-refractivity contribution is 14.1. The fourth-order valence-electron chi connectivity index (χ4n) is 2.33. The summed E-state index contributed by atoms with van der Waals surface area (Å²) in [4.78, 5) is 2.42. The van der Waals surface area contributed by atoms with Crippen molar-refractivity contribution in [3.05, 3.63) is 21.3 Å². The van der Waals surface area contributed by atoms with Crippen LogP contribution in [0.1, 0.15) is 13.3 Å². The van der Waals surface area contributed by atoms with Crippen molar-refractivity contribution in [2.75, 3.05) is 20.1 Å². The normalized spacial score (nSPS) is 35.0. The van der Waals surface area contributed by atoms with E-state index in [9.17, 15) is 0 Å². The third-order valence-electron chi connectivity index (χ3n) is 3.25. The maximum Gasteiger partial charge on any atom is 0.0195 e. The van der Waals surface area contributed by atoms with Gasteiger partial charge in [0.25, 0.3) is 0 Å². The largest absolute Gasteiger partial charge is 0.302 e. The van der Waals surface area contributed by atoms with E-state index in [1.165, 1.54) is 23.1 Å². The van der Waals surface area contributed by atoms with Crippen molar-refractivity contribution in [1.82, 2.24) is 4.90 Å². The molecule has 0 radical (unpaired) electrons. The summed E-state index contributed by atoms with van der Waals surface area (Å²) in [5.74, 6) is 1.59. The molecule has 1 saturated heterocycles. The summed E-state index contributed by atoms with van der Waals surface area (Å²) in [5, 5.41) is 0. The van der Waals surface area contributed by atoms with Crippen molar-refractivity contribution in [2.45, 2.75) is 13.3 Å². The van der Waals surface area contributed by atoms with Gasteiger partial charge in [0, 0.05) is 6.54 Å². The van der Waals surface area contributed by atoms with Gasteiger partial charge in [-0.2, -0.15) is 0 Å². The van der Waals surface area contributed by atoms with E-state index in [1.54, 1.807) is 5.57 Å². The molecule has 0 aromatic carbocycles. The zero-order valence-electron chi connectivity index (χ0n) is 8.26. The number of likely N-dealkylation sites (N-methyl/N-ethyl adjacent to an activating group) is 1. The van der Waals surface area contributed by atoms with E-state index in [0.29, 0.717) is 0 Å². The Kier molecular flexibility index (Phi) is 2.79. The third kappa shape index (κ3) is 1.84. The first-order valence-corrected chi connectivity index (χ1v) is 6.01. The molecule has 0 saturated carbocycles. The fraction of sp³-hybridized carbons (Fsp3) is 0.636. The van der Waals surface area contributed by atoms with Gasteiger partial charge >= 0.3 is 0 Å². The van der Waals surface area contributed by atoms with Gasteiger partial charge in [0.05, 0.1) is 0 Å². The Morgan fingerprint density at radius 3 is 3.00 bits per heavy atom. The first-order valence-electron chi connectivity index (χ1n) is 4.93. The van der Waals surface area contributed by atoms with Crippen LogP contribution in [0.2, 0.25) is 0 Å². The number of halogens is 1. The number of nitrogens with zero attached hydrogens (tertiary/aromatic N) is 1. The average molecular weight is 289 g/mol. The minimum atomic E-state index is 0.759. The third-order valence-corrected chi connectivity index (χ3v) is 4.59. The lowest BCUT2D eigenvalue weighted by molar-refractivity contribution is 0.252. The van der Waals surface area contributed by atoms with Gasteiger partial charge in [-0.15, -0.1) is 0 Å². The summed E-state index contributed by atoms with van der Waals surface area (Å²) in [7, 11) is 2.21. The van der Waals surface area contributed by atoms with Crippen LogP contribution >= 0.6 is 22.6 Å². The van der Waals surface area contributed by atoms with Crippen molar-refractivity contribution in [1.29, 1.82) is 0 Å². The first kappa shape index (κ1) is 9.71. The summed E-state index contributed by atoms with van der Waals surface area (Å²) >= 11 is 2.48. The highest BCUT2D eigenvalue weighted by Crippen LogP contribution is 2.38. The molecule has 0 amide bonds. The van der Waals surface area contributed by atoms with Crippen LogP contribution in [-0.2, 0) is 0 Å². The Labute approximate surface area is 94.0 Å². The SMILES string of the molecule is CC1C(I)=CC=C2CN(C)CCC21. The maximum absolute atomic E-state index is 2.48. The van der Waals surface area contributed by atoms with E-state index >= 15 is 0 Å². The molecule has 1 aliphatic carbocycles. The number of likely N-dealkylation sites (tertiary alicyclic amines) is 1. The standard InChI is InChI=1S/C11H16IN/c1-8-10-5-6-13(2)7-9(10)3-4-11(8)12/h3-4,8,10H,5-7H2,1-2H3. The lowest BCUT2D eigenvalue weighted by Gasteiger charge is -2.37. The van der Waals surface area contributed by atoms with Crippen molar-refractivity contribution >= 4 is 22.6 Å². The van der Waals surface area contributed by atoms with Gasteiger partial charge in [-0.05, 0) is 58.0 Å². The molecule has 2 aliphatic rings. The molecular formula is C11H16IN. The molecule has 0 aromatic heterocycles. The minimum Gasteiger partial charge on any atom is -0.302 e. The summed E-state index contributed by atoms with van der Waals surface area (Å²) < 4.78 is 1.52. The van der Waals surface area contributed by atoms with Crippen LogP contribution in [0.25, 0.3) is 0 Å². The van der Waals surface area contributed by atoms with E-state index < -0.39 is 0 Å². The van der Waals surface area contributed by atoms with Gasteiger partial charge in [0.15, 0.2) is 0 Å². The van der Waals surface area contributed by atoms with Crippen molar-refractivity contribution in [3.63, 3.8) is 0 Å². The smallest absolute Gasteiger partial charge is 0.0195 e. The van der Waals surface area contributed by atoms with Crippen LogP contribution < -0.4 is 0 Å². The highest BCUT2D eigenvalue weighted by atomic mass is 127. The monoisotopic (exact) mass is 289 g/mol. The Bertz CT molecular complexity index is 267. The summed E-state index contributed by atoms with van der Waals surface area (Å²) in [6, 6.07) is 0. The number of hydrogen-bond acceptors (Lipinski definition) is 1. The van der Waals surface area contributed by atoms with E-state index in [-0.39, 0.29) is 0 Å². The van der Waals surface area contributed by atoms with E-state index in [4.69, 9.17) is 0 Å². The Balaban J connectivity index is 2.21. The molecule has 1 aliphatic heterocycles. The van der Waals surface area contributed by atoms with Crippen molar-refractivity contribution < 1.29 is 0 Å². The zero-order chi connectivity index (χ0) is 9.42. The first-order chi connectivity index (χ1) is 6.18. The van der Waals surface area contributed by atoms with Crippen molar-refractivity contribution in [3.8, 4) is 0 Å². The van der Waals surface area contributed by atoms with E-state index in [2.05, 4.69) is 53.6 Å². The quantitative estimate of drug-likeness (QED) is 0.620. The Morgan fingerprint density at radius 2 is 2.23 bits per heavy atom. The van der Waals surface area contributed by atoms with Crippen LogP contribution in [0.5, 0.6) is 0 Å². The molecule has 2 unspecified atom stereocenters. The molecule has 1 nitrogen and oxygen atoms in total. The van der Waals surface area contributed by atoms with Gasteiger partial charge in [0.1, 0.15) is 0 Å². The molecular weight excluding hydrogens is 273 g/mol. The summed E-state index contributed by atoms with van der Waals surface area (Å²) in [6.45, 7) is 4.80. The molecule has 1 heterocycles. The molecule has 0 spiro atoms. The molecule has 1 fully saturated rings. The van der Waals surface area contributed by atoms with Crippen LogP contribution in [0.4, 0.5) is 0 Å². The van der Waals surface area contributed by atoms with Crippen molar-refractivity contribution in [2.24, 2.45) is 11.8 Å². The Hall–Kier alpha value is 0.170. The lowest BCUT2D eigenvalue weighted by atomic mass is 9.79. The van der Waals surface area contributed by atoms with Gasteiger partial charge < -0.3 is 4.90 Å². The van der Waals surface area contributed by atoms with Gasteiger partial charge in [-0.1, -0.05) is 24.6 Å². The summed E-state index contributed by atoms with van der Waals surface area (Å²) in [6.07, 6.45) is 5.96. The van der Waals surface area contributed by atoms with Gasteiger partial charge in [0.2, 0.25) is 0 Å². The second-order valence-electron chi connectivity index (χ2n) is 4.21. The van der Waals surface area contributed by atoms with Crippen LogP contribution in [0, 0.1) is 11.8 Å². The molecule has 2 rings (SSSR count). The number of hydrogen-bond donors (Lipinski definition) is 0. The predicted molar refractivity (Wildman–Crippen MR) is 65.0 cm³/mol. The maximum atomic E-state index is 2.48. The fourth-order valence-corrected chi connectivity index (χ4v) is 2.94. The lowest BCUT2D eigenvalue weighted by Crippen LogP contribution is -2.36. The summed E-state index contributed by atoms with van der Waals surface area (Å²) in [5.41, 5.74) is 1.64. The van der Waals surface area contributed by atoms with Gasteiger partial charge in [-0.3, -0.25) is 0 Å². The number of rotatable bonds is 0. The molecule has 0 bridgehead atoms. The number of piperidine rings is 1. The second-order valence-corrected chi connectivity index (χ2v) is 5.46. The second kappa shape index (κ2) is 3.73. The average Bonchev–Trinajstić information content (AvgIpc) is 2.12. The highest BCUT2D eigenvalue weighted by Gasteiger charge is 2.29. The molecule has 13 heavy (non-hydrogen) atoms.